The van der Waals surface area contributed by atoms with Crippen LogP contribution in [-0.4, -0.2) is 18.3 Å². The highest BCUT2D eigenvalue weighted by Gasteiger charge is 2.16. The van der Waals surface area contributed by atoms with Crippen LogP contribution >= 0.6 is 0 Å². The molecule has 0 aliphatic carbocycles. The molecule has 0 bridgehead atoms. The van der Waals surface area contributed by atoms with E-state index >= 15 is 0 Å². The van der Waals surface area contributed by atoms with Gasteiger partial charge in [0.1, 0.15) is 0 Å². The minimum Gasteiger partial charge on any atom is -0.391 e. The molecule has 2 atom stereocenters. The molecule has 0 aliphatic rings. The largest absolute Gasteiger partial charge is 0.391 e. The monoisotopic (exact) mass is 215 g/mol. The third kappa shape index (κ3) is 1.94. The highest BCUT2D eigenvalue weighted by Crippen LogP contribution is 2.25. The van der Waals surface area contributed by atoms with Crippen LogP contribution in [0.1, 0.15) is 18.5 Å². The lowest BCUT2D eigenvalue weighted by molar-refractivity contribution is 0.150. The van der Waals surface area contributed by atoms with E-state index in [0.29, 0.717) is 0 Å². The van der Waals surface area contributed by atoms with Gasteiger partial charge in [0.05, 0.1) is 12.1 Å². The fourth-order valence-corrected chi connectivity index (χ4v) is 2.18. The second kappa shape index (κ2) is 4.64. The van der Waals surface area contributed by atoms with Crippen molar-refractivity contribution in [2.75, 3.05) is 7.05 Å². The Morgan fingerprint density at radius 2 is 1.75 bits per heavy atom. The van der Waals surface area contributed by atoms with Gasteiger partial charge < -0.3 is 10.4 Å². The summed E-state index contributed by atoms with van der Waals surface area (Å²) < 4.78 is 0. The SMILES string of the molecule is CNC(c1cccc2ccccc12)C(C)O. The predicted octanol–water partition coefficient (Wildman–Crippen LogP) is 2.48. The summed E-state index contributed by atoms with van der Waals surface area (Å²) >= 11 is 0. The van der Waals surface area contributed by atoms with Gasteiger partial charge in [0.15, 0.2) is 0 Å². The maximum absolute atomic E-state index is 9.76. The van der Waals surface area contributed by atoms with E-state index < -0.39 is 6.10 Å². The van der Waals surface area contributed by atoms with E-state index in [4.69, 9.17) is 0 Å². The molecule has 0 aromatic heterocycles. The molecular formula is C14H17NO. The van der Waals surface area contributed by atoms with Gasteiger partial charge in [0.25, 0.3) is 0 Å². The molecule has 0 aliphatic heterocycles. The molecule has 2 nitrogen and oxygen atoms in total. The predicted molar refractivity (Wildman–Crippen MR) is 67.4 cm³/mol. The Balaban J connectivity index is 2.59. The maximum Gasteiger partial charge on any atom is 0.0706 e. The van der Waals surface area contributed by atoms with E-state index in [9.17, 15) is 5.11 Å². The molecule has 0 radical (unpaired) electrons. The first kappa shape index (κ1) is 11.1. The van der Waals surface area contributed by atoms with Crippen molar-refractivity contribution >= 4 is 10.8 Å². The Morgan fingerprint density at radius 3 is 2.44 bits per heavy atom. The van der Waals surface area contributed by atoms with Crippen LogP contribution in [0.3, 0.4) is 0 Å². The Morgan fingerprint density at radius 1 is 1.06 bits per heavy atom. The quantitative estimate of drug-likeness (QED) is 0.824. The number of aliphatic hydroxyl groups excluding tert-OH is 1. The molecular weight excluding hydrogens is 198 g/mol. The zero-order valence-corrected chi connectivity index (χ0v) is 9.64. The van der Waals surface area contributed by atoms with Crippen molar-refractivity contribution in [3.05, 3.63) is 48.0 Å². The Kier molecular flexibility index (Phi) is 3.22. The lowest BCUT2D eigenvalue weighted by Gasteiger charge is -2.21. The Bertz CT molecular complexity index is 474. The average Bonchev–Trinajstić information content (AvgIpc) is 2.30. The van der Waals surface area contributed by atoms with Crippen molar-refractivity contribution in [1.29, 1.82) is 0 Å². The van der Waals surface area contributed by atoms with Crippen LogP contribution in [-0.2, 0) is 0 Å². The molecule has 0 fully saturated rings. The molecule has 2 unspecified atom stereocenters. The topological polar surface area (TPSA) is 32.3 Å². The van der Waals surface area contributed by atoms with Crippen molar-refractivity contribution in [3.63, 3.8) is 0 Å². The number of aliphatic hydroxyl groups is 1. The number of benzene rings is 2. The van der Waals surface area contributed by atoms with Gasteiger partial charge in [-0.25, -0.2) is 0 Å². The number of hydrogen-bond donors (Lipinski definition) is 2. The van der Waals surface area contributed by atoms with E-state index in [2.05, 4.69) is 29.6 Å². The average molecular weight is 215 g/mol. The van der Waals surface area contributed by atoms with Crippen molar-refractivity contribution in [2.45, 2.75) is 19.1 Å². The highest BCUT2D eigenvalue weighted by atomic mass is 16.3. The van der Waals surface area contributed by atoms with Gasteiger partial charge in [-0.2, -0.15) is 0 Å². The fourth-order valence-electron chi connectivity index (χ4n) is 2.18. The summed E-state index contributed by atoms with van der Waals surface area (Å²) in [6, 6.07) is 14.4. The second-order valence-corrected chi connectivity index (χ2v) is 4.08. The molecule has 0 saturated carbocycles. The molecule has 16 heavy (non-hydrogen) atoms. The first-order valence-corrected chi connectivity index (χ1v) is 5.57. The molecule has 2 rings (SSSR count). The third-order valence-corrected chi connectivity index (χ3v) is 2.95. The summed E-state index contributed by atoms with van der Waals surface area (Å²) in [5.74, 6) is 0. The van der Waals surface area contributed by atoms with Gasteiger partial charge in [-0.15, -0.1) is 0 Å². The summed E-state index contributed by atoms with van der Waals surface area (Å²) in [5, 5.41) is 15.3. The molecule has 0 spiro atoms. The van der Waals surface area contributed by atoms with Gasteiger partial charge in [-0.05, 0) is 30.3 Å². The molecule has 0 amide bonds. The Hall–Kier alpha value is -1.38. The number of likely N-dealkylation sites (N-methyl/N-ethyl adjacent to an activating group) is 1. The number of rotatable bonds is 3. The minimum absolute atomic E-state index is 0.0221. The summed E-state index contributed by atoms with van der Waals surface area (Å²) in [6.07, 6.45) is -0.407. The van der Waals surface area contributed by atoms with Crippen molar-refractivity contribution < 1.29 is 5.11 Å². The van der Waals surface area contributed by atoms with Gasteiger partial charge in [-0.1, -0.05) is 42.5 Å². The lowest BCUT2D eigenvalue weighted by Crippen LogP contribution is -2.27. The van der Waals surface area contributed by atoms with E-state index in [-0.39, 0.29) is 6.04 Å². The maximum atomic E-state index is 9.76. The molecule has 2 heteroatoms. The van der Waals surface area contributed by atoms with Gasteiger partial charge in [0, 0.05) is 0 Å². The van der Waals surface area contributed by atoms with E-state index in [1.54, 1.807) is 0 Å². The van der Waals surface area contributed by atoms with E-state index in [1.807, 2.05) is 32.2 Å². The zero-order valence-electron chi connectivity index (χ0n) is 9.64. The molecule has 2 aromatic rings. The van der Waals surface area contributed by atoms with Gasteiger partial charge >= 0.3 is 0 Å². The van der Waals surface area contributed by atoms with Crippen molar-refractivity contribution in [1.82, 2.24) is 5.32 Å². The summed E-state index contributed by atoms with van der Waals surface area (Å²) in [7, 11) is 1.87. The molecule has 2 N–H and O–H groups in total. The second-order valence-electron chi connectivity index (χ2n) is 4.08. The first-order valence-electron chi connectivity index (χ1n) is 5.57. The first-order chi connectivity index (χ1) is 7.74. The summed E-state index contributed by atoms with van der Waals surface area (Å²) in [6.45, 7) is 1.81. The molecule has 2 aromatic carbocycles. The number of hydrogen-bond acceptors (Lipinski definition) is 2. The van der Waals surface area contributed by atoms with E-state index in [1.165, 1.54) is 10.8 Å². The van der Waals surface area contributed by atoms with Crippen molar-refractivity contribution in [3.8, 4) is 0 Å². The van der Waals surface area contributed by atoms with Crippen LogP contribution in [0.2, 0.25) is 0 Å². The lowest BCUT2D eigenvalue weighted by atomic mass is 9.96. The Labute approximate surface area is 95.9 Å². The van der Waals surface area contributed by atoms with Crippen LogP contribution < -0.4 is 5.32 Å². The molecule has 0 saturated heterocycles. The normalized spacial score (nSPS) is 14.9. The molecule has 84 valence electrons. The zero-order chi connectivity index (χ0) is 11.5. The number of nitrogens with one attached hydrogen (secondary N) is 1. The highest BCUT2D eigenvalue weighted by molar-refractivity contribution is 5.86. The summed E-state index contributed by atoms with van der Waals surface area (Å²) in [4.78, 5) is 0. The van der Waals surface area contributed by atoms with Crippen molar-refractivity contribution in [2.24, 2.45) is 0 Å². The van der Waals surface area contributed by atoms with Gasteiger partial charge in [0.2, 0.25) is 0 Å². The standard InChI is InChI=1S/C14H17NO/c1-10(16)14(15-2)13-9-5-7-11-6-3-4-8-12(11)13/h3-10,14-16H,1-2H3. The van der Waals surface area contributed by atoms with Crippen LogP contribution in [0.25, 0.3) is 10.8 Å². The third-order valence-electron chi connectivity index (χ3n) is 2.95. The van der Waals surface area contributed by atoms with Crippen LogP contribution in [0, 0.1) is 0 Å². The molecule has 0 heterocycles. The van der Waals surface area contributed by atoms with Crippen LogP contribution in [0.15, 0.2) is 42.5 Å². The smallest absolute Gasteiger partial charge is 0.0706 e. The van der Waals surface area contributed by atoms with Crippen LogP contribution in [0.4, 0.5) is 0 Å². The van der Waals surface area contributed by atoms with E-state index in [0.717, 1.165) is 5.56 Å². The minimum atomic E-state index is -0.407. The summed E-state index contributed by atoms with van der Waals surface area (Å²) in [5.41, 5.74) is 1.15. The number of fused-ring (bicyclic) bond motifs is 1. The van der Waals surface area contributed by atoms with Gasteiger partial charge in [-0.3, -0.25) is 0 Å². The van der Waals surface area contributed by atoms with Crippen LogP contribution in [0.5, 0.6) is 0 Å². The fraction of sp³-hybridized carbons (Fsp3) is 0.286.